The minimum Gasteiger partial charge on any atom is -0.481 e. The number of carbonyl (C=O) groups excluding carboxylic acids is 2. The number of nitrogens with zero attached hydrogens (tertiary/aromatic N) is 1. The minimum absolute atomic E-state index is 0.114. The first kappa shape index (κ1) is 27.5. The summed E-state index contributed by atoms with van der Waals surface area (Å²) in [4.78, 5) is 41.0. The third kappa shape index (κ3) is 8.22. The Bertz CT molecular complexity index is 1160. The average Bonchev–Trinajstić information content (AvgIpc) is 3.68. The quantitative estimate of drug-likeness (QED) is 0.236. The van der Waals surface area contributed by atoms with Gasteiger partial charge in [0.2, 0.25) is 12.7 Å². The molecule has 3 aromatic rings. The van der Waals surface area contributed by atoms with Gasteiger partial charge in [-0.1, -0.05) is 24.6 Å². The molecule has 3 N–H and O–H groups in total. The summed E-state index contributed by atoms with van der Waals surface area (Å²) in [5, 5.41) is 18.9. The topological polar surface area (TPSA) is 117 Å². The van der Waals surface area contributed by atoms with Gasteiger partial charge in [0.1, 0.15) is 0 Å². The Kier molecular flexibility index (Phi) is 9.99. The molecule has 11 heteroatoms. The lowest BCUT2D eigenvalue weighted by Crippen LogP contribution is -2.39. The zero-order valence-corrected chi connectivity index (χ0v) is 22.5. The van der Waals surface area contributed by atoms with E-state index in [1.165, 1.54) is 0 Å². The molecule has 0 bridgehead atoms. The first-order chi connectivity index (χ1) is 18.5. The van der Waals surface area contributed by atoms with Crippen molar-refractivity contribution in [2.75, 3.05) is 13.3 Å². The maximum Gasteiger partial charge on any atom is 0.315 e. The fourth-order valence-corrected chi connectivity index (χ4v) is 5.56. The van der Waals surface area contributed by atoms with Crippen molar-refractivity contribution in [3.05, 3.63) is 68.5 Å². The monoisotopic (exact) mass is 557 g/mol. The van der Waals surface area contributed by atoms with Crippen LogP contribution in [0.1, 0.15) is 53.5 Å². The van der Waals surface area contributed by atoms with Crippen LogP contribution in [0.3, 0.4) is 0 Å². The number of hydrogen-bond acceptors (Lipinski definition) is 7. The van der Waals surface area contributed by atoms with Crippen LogP contribution in [-0.2, 0) is 22.7 Å². The van der Waals surface area contributed by atoms with Crippen LogP contribution in [0.2, 0.25) is 0 Å². The molecule has 1 atom stereocenters. The number of rotatable bonds is 14. The highest BCUT2D eigenvalue weighted by Crippen LogP contribution is 2.34. The lowest BCUT2D eigenvalue weighted by atomic mass is 10.0. The Morgan fingerprint density at radius 2 is 1.66 bits per heavy atom. The van der Waals surface area contributed by atoms with Crippen LogP contribution in [0.5, 0.6) is 11.5 Å². The van der Waals surface area contributed by atoms with E-state index >= 15 is 0 Å². The second kappa shape index (κ2) is 13.8. The lowest BCUT2D eigenvalue weighted by molar-refractivity contribution is -0.137. The van der Waals surface area contributed by atoms with Gasteiger partial charge in [-0.25, -0.2) is 4.79 Å². The summed E-state index contributed by atoms with van der Waals surface area (Å²) >= 11 is 3.30. The second-order valence-electron chi connectivity index (χ2n) is 8.88. The number of carboxylic acids is 1. The van der Waals surface area contributed by atoms with Crippen LogP contribution < -0.4 is 20.1 Å². The third-order valence-electron chi connectivity index (χ3n) is 6.04. The van der Waals surface area contributed by atoms with E-state index in [0.717, 1.165) is 22.6 Å². The van der Waals surface area contributed by atoms with Gasteiger partial charge in [-0.2, -0.15) is 0 Å². The molecule has 202 valence electrons. The summed E-state index contributed by atoms with van der Waals surface area (Å²) in [7, 11) is 0. The molecule has 2 aromatic heterocycles. The molecule has 1 aromatic carbocycles. The van der Waals surface area contributed by atoms with Gasteiger partial charge < -0.3 is 30.1 Å². The van der Waals surface area contributed by atoms with Gasteiger partial charge in [-0.15, -0.1) is 22.7 Å². The zero-order chi connectivity index (χ0) is 26.7. The number of aliphatic carboxylic acids is 1. The molecule has 1 aliphatic rings. The van der Waals surface area contributed by atoms with E-state index in [1.807, 2.05) is 39.9 Å². The molecule has 0 fully saturated rings. The fraction of sp³-hybridized carbons (Fsp3) is 0.370. The summed E-state index contributed by atoms with van der Waals surface area (Å²) in [6, 6.07) is 12.0. The Balaban J connectivity index is 1.18. The molecule has 3 heterocycles. The van der Waals surface area contributed by atoms with Gasteiger partial charge in [-0.05, 0) is 53.4 Å². The van der Waals surface area contributed by atoms with Crippen molar-refractivity contribution in [2.45, 2.75) is 51.2 Å². The van der Waals surface area contributed by atoms with Crippen molar-refractivity contribution in [1.82, 2.24) is 15.5 Å². The maximum absolute atomic E-state index is 12.9. The molecule has 0 spiro atoms. The van der Waals surface area contributed by atoms with E-state index in [-0.39, 0.29) is 19.1 Å². The van der Waals surface area contributed by atoms with Gasteiger partial charge in [0.05, 0.1) is 25.6 Å². The molecule has 4 rings (SSSR count). The summed E-state index contributed by atoms with van der Waals surface area (Å²) < 4.78 is 10.7. The largest absolute Gasteiger partial charge is 0.481 e. The minimum atomic E-state index is -1.02. The van der Waals surface area contributed by atoms with E-state index in [0.29, 0.717) is 49.5 Å². The van der Waals surface area contributed by atoms with Crippen molar-refractivity contribution in [1.29, 1.82) is 0 Å². The van der Waals surface area contributed by atoms with Gasteiger partial charge in [0, 0.05) is 22.7 Å². The Labute approximate surface area is 229 Å². The smallest absolute Gasteiger partial charge is 0.315 e. The van der Waals surface area contributed by atoms with Crippen LogP contribution in [0.25, 0.3) is 0 Å². The van der Waals surface area contributed by atoms with Crippen LogP contribution in [-0.4, -0.2) is 41.3 Å². The SMILES string of the molecule is O=C(O)C[C@H](NC(=O)NCCCCCC(=O)N(Cc1cccs1)Cc1cccs1)c1ccc2c(c1)OCO2. The predicted molar refractivity (Wildman–Crippen MR) is 145 cm³/mol. The summed E-state index contributed by atoms with van der Waals surface area (Å²) in [6.45, 7) is 1.76. The lowest BCUT2D eigenvalue weighted by Gasteiger charge is -2.21. The van der Waals surface area contributed by atoms with E-state index in [1.54, 1.807) is 40.9 Å². The van der Waals surface area contributed by atoms with Crippen LogP contribution >= 0.6 is 22.7 Å². The van der Waals surface area contributed by atoms with Gasteiger partial charge in [0.15, 0.2) is 11.5 Å². The van der Waals surface area contributed by atoms with Crippen molar-refractivity contribution in [3.63, 3.8) is 0 Å². The van der Waals surface area contributed by atoms with E-state index in [2.05, 4.69) is 10.6 Å². The number of carboxylic acid groups (broad SMARTS) is 1. The van der Waals surface area contributed by atoms with E-state index < -0.39 is 18.0 Å². The maximum atomic E-state index is 12.9. The molecule has 0 saturated heterocycles. The Morgan fingerprint density at radius 3 is 2.32 bits per heavy atom. The van der Waals surface area contributed by atoms with Gasteiger partial charge in [0.25, 0.3) is 0 Å². The molecule has 1 aliphatic heterocycles. The van der Waals surface area contributed by atoms with E-state index in [4.69, 9.17) is 9.47 Å². The van der Waals surface area contributed by atoms with Crippen LogP contribution in [0, 0.1) is 0 Å². The highest BCUT2D eigenvalue weighted by Gasteiger charge is 2.22. The summed E-state index contributed by atoms with van der Waals surface area (Å²) in [5.74, 6) is 0.216. The summed E-state index contributed by atoms with van der Waals surface area (Å²) in [5.41, 5.74) is 0.625. The standard InChI is InChI=1S/C27H31N3O6S2/c31-25(30(16-20-6-4-12-37-20)17-21-7-5-13-38-21)8-2-1-3-11-28-27(34)29-22(15-26(32)33)19-9-10-23-24(14-19)36-18-35-23/h4-7,9-10,12-14,22H,1-3,8,11,15-18H2,(H,32,33)(H2,28,29,34)/t22-/m0/s1. The number of amides is 3. The normalized spacial score (nSPS) is 12.6. The fourth-order valence-electron chi connectivity index (χ4n) is 4.12. The number of nitrogens with one attached hydrogen (secondary N) is 2. The molecular formula is C27H31N3O6S2. The molecule has 0 saturated carbocycles. The number of ether oxygens (including phenoxy) is 2. The van der Waals surface area contributed by atoms with Gasteiger partial charge >= 0.3 is 12.0 Å². The molecule has 0 radical (unpaired) electrons. The number of benzene rings is 1. The van der Waals surface area contributed by atoms with Crippen LogP contribution in [0.15, 0.2) is 53.2 Å². The number of unbranched alkanes of at least 4 members (excludes halogenated alkanes) is 2. The zero-order valence-electron chi connectivity index (χ0n) is 20.9. The molecule has 0 unspecified atom stereocenters. The van der Waals surface area contributed by atoms with Crippen molar-refractivity contribution < 1.29 is 29.0 Å². The van der Waals surface area contributed by atoms with E-state index in [9.17, 15) is 19.5 Å². The number of fused-ring (bicyclic) bond motifs is 1. The highest BCUT2D eigenvalue weighted by molar-refractivity contribution is 7.10. The van der Waals surface area contributed by atoms with Crippen LogP contribution in [0.4, 0.5) is 4.79 Å². The first-order valence-corrected chi connectivity index (χ1v) is 14.2. The number of urea groups is 1. The number of hydrogen-bond donors (Lipinski definition) is 3. The molecule has 38 heavy (non-hydrogen) atoms. The van der Waals surface area contributed by atoms with Gasteiger partial charge in [-0.3, -0.25) is 9.59 Å². The third-order valence-corrected chi connectivity index (χ3v) is 7.76. The molecule has 0 aliphatic carbocycles. The first-order valence-electron chi connectivity index (χ1n) is 12.5. The van der Waals surface area contributed by atoms with Crippen molar-refractivity contribution in [2.24, 2.45) is 0 Å². The number of thiophene rings is 2. The number of carbonyl (C=O) groups is 3. The Morgan fingerprint density at radius 1 is 0.947 bits per heavy atom. The highest BCUT2D eigenvalue weighted by atomic mass is 32.1. The molecular weight excluding hydrogens is 526 g/mol. The Hall–Kier alpha value is -3.57. The van der Waals surface area contributed by atoms with Crippen molar-refractivity contribution in [3.8, 4) is 11.5 Å². The predicted octanol–water partition coefficient (Wildman–Crippen LogP) is 5.14. The van der Waals surface area contributed by atoms with Crippen molar-refractivity contribution >= 4 is 40.6 Å². The molecule has 3 amide bonds. The molecule has 9 nitrogen and oxygen atoms in total. The second-order valence-corrected chi connectivity index (χ2v) is 10.9. The summed E-state index contributed by atoms with van der Waals surface area (Å²) in [6.07, 6.45) is 2.42. The average molecular weight is 558 g/mol.